The van der Waals surface area contributed by atoms with Crippen LogP contribution in [-0.2, 0) is 22.7 Å². The minimum absolute atomic E-state index is 0.0264. The number of pyridine rings is 3. The van der Waals surface area contributed by atoms with Gasteiger partial charge in [-0.05, 0) is 36.4 Å². The molecule has 0 atom stereocenters. The SMILES string of the molecule is O=C(OCc1cccc(COC(=O)c2ccc3ccccc3n2)n1)c1ccc2ccccc2n1. The van der Waals surface area contributed by atoms with Gasteiger partial charge in [0.25, 0.3) is 0 Å². The smallest absolute Gasteiger partial charge is 0.357 e. The second-order valence-electron chi connectivity index (χ2n) is 7.55. The fourth-order valence-corrected chi connectivity index (χ4v) is 3.48. The van der Waals surface area contributed by atoms with Gasteiger partial charge in [-0.1, -0.05) is 54.6 Å². The van der Waals surface area contributed by atoms with Crippen molar-refractivity contribution >= 4 is 33.7 Å². The van der Waals surface area contributed by atoms with Crippen LogP contribution in [0, 0.1) is 0 Å². The van der Waals surface area contributed by atoms with Gasteiger partial charge in [0.2, 0.25) is 0 Å². The number of ether oxygens (including phenoxy) is 2. The molecule has 166 valence electrons. The molecule has 3 aromatic heterocycles. The lowest BCUT2D eigenvalue weighted by molar-refractivity contribution is 0.0456. The van der Waals surface area contributed by atoms with Gasteiger partial charge < -0.3 is 9.47 Å². The Morgan fingerprint density at radius 3 is 1.50 bits per heavy atom. The molecule has 34 heavy (non-hydrogen) atoms. The van der Waals surface area contributed by atoms with Crippen molar-refractivity contribution in [1.82, 2.24) is 15.0 Å². The van der Waals surface area contributed by atoms with Crippen LogP contribution in [0.15, 0.2) is 91.0 Å². The molecule has 2 aromatic carbocycles. The topological polar surface area (TPSA) is 91.3 Å². The molecule has 3 heterocycles. The van der Waals surface area contributed by atoms with Crippen LogP contribution in [-0.4, -0.2) is 26.9 Å². The first-order chi connectivity index (χ1) is 16.7. The minimum Gasteiger partial charge on any atom is -0.454 e. The van der Waals surface area contributed by atoms with Gasteiger partial charge in [0.05, 0.1) is 22.4 Å². The summed E-state index contributed by atoms with van der Waals surface area (Å²) in [5.41, 5.74) is 2.97. The summed E-state index contributed by atoms with van der Waals surface area (Å²) in [4.78, 5) is 37.9. The van der Waals surface area contributed by atoms with Gasteiger partial charge in [-0.15, -0.1) is 0 Å². The molecular weight excluding hydrogens is 430 g/mol. The summed E-state index contributed by atoms with van der Waals surface area (Å²) in [6.45, 7) is -0.0529. The molecular formula is C27H19N3O4. The summed E-state index contributed by atoms with van der Waals surface area (Å²) in [7, 11) is 0. The lowest BCUT2D eigenvalue weighted by Gasteiger charge is -2.08. The van der Waals surface area contributed by atoms with Crippen molar-refractivity contribution in [3.05, 3.63) is 114 Å². The fourth-order valence-electron chi connectivity index (χ4n) is 3.48. The Bertz CT molecular complexity index is 1410. The number of nitrogens with zero attached hydrogens (tertiary/aromatic N) is 3. The molecule has 0 bridgehead atoms. The lowest BCUT2D eigenvalue weighted by atomic mass is 10.2. The number of para-hydroxylation sites is 2. The highest BCUT2D eigenvalue weighted by molar-refractivity contribution is 5.91. The summed E-state index contributed by atoms with van der Waals surface area (Å²) in [6, 6.07) is 27.2. The van der Waals surface area contributed by atoms with E-state index in [4.69, 9.17) is 9.47 Å². The number of rotatable bonds is 6. The van der Waals surface area contributed by atoms with Crippen molar-refractivity contribution in [3.63, 3.8) is 0 Å². The van der Waals surface area contributed by atoms with Crippen LogP contribution in [0.5, 0.6) is 0 Å². The molecule has 7 heteroatoms. The van der Waals surface area contributed by atoms with E-state index in [1.165, 1.54) is 0 Å². The minimum atomic E-state index is -0.535. The molecule has 5 aromatic rings. The molecule has 0 fully saturated rings. The van der Waals surface area contributed by atoms with Crippen LogP contribution in [0.4, 0.5) is 0 Å². The number of aromatic nitrogens is 3. The second kappa shape index (κ2) is 9.46. The number of hydrogen-bond acceptors (Lipinski definition) is 7. The Kier molecular flexibility index (Phi) is 5.90. The quantitative estimate of drug-likeness (QED) is 0.341. The van der Waals surface area contributed by atoms with E-state index in [0.29, 0.717) is 11.4 Å². The fraction of sp³-hybridized carbons (Fsp3) is 0.0741. The first kappa shape index (κ1) is 21.2. The first-order valence-corrected chi connectivity index (χ1v) is 10.7. The zero-order valence-corrected chi connectivity index (χ0v) is 18.0. The van der Waals surface area contributed by atoms with Gasteiger partial charge in [0.1, 0.15) is 24.6 Å². The van der Waals surface area contributed by atoms with E-state index in [0.717, 1.165) is 21.8 Å². The molecule has 0 aliphatic rings. The van der Waals surface area contributed by atoms with E-state index in [9.17, 15) is 9.59 Å². The molecule has 0 saturated carbocycles. The highest BCUT2D eigenvalue weighted by Crippen LogP contribution is 2.14. The molecule has 0 saturated heterocycles. The Labute approximate surface area is 195 Å². The highest BCUT2D eigenvalue weighted by atomic mass is 16.5. The monoisotopic (exact) mass is 449 g/mol. The molecule has 0 spiro atoms. The molecule has 0 unspecified atom stereocenters. The number of carbonyl (C=O) groups excluding carboxylic acids is 2. The Morgan fingerprint density at radius 2 is 1.00 bits per heavy atom. The van der Waals surface area contributed by atoms with E-state index in [1.807, 2.05) is 60.7 Å². The van der Waals surface area contributed by atoms with Crippen molar-refractivity contribution < 1.29 is 19.1 Å². The molecule has 0 aliphatic heterocycles. The van der Waals surface area contributed by atoms with Gasteiger partial charge in [0.15, 0.2) is 0 Å². The summed E-state index contributed by atoms with van der Waals surface area (Å²) in [5.74, 6) is -1.07. The van der Waals surface area contributed by atoms with Crippen molar-refractivity contribution in [2.75, 3.05) is 0 Å². The number of carbonyl (C=O) groups is 2. The molecule has 5 rings (SSSR count). The van der Waals surface area contributed by atoms with Crippen LogP contribution >= 0.6 is 0 Å². The summed E-state index contributed by atoms with van der Waals surface area (Å²) in [6.07, 6.45) is 0. The first-order valence-electron chi connectivity index (χ1n) is 10.7. The zero-order valence-electron chi connectivity index (χ0n) is 18.0. The molecule has 0 amide bonds. The standard InChI is InChI=1S/C27H19N3O4/c31-26(24-14-12-18-6-1-3-10-22(18)29-24)33-16-20-8-5-9-21(28-20)17-34-27(32)25-15-13-19-7-2-4-11-23(19)30-25/h1-15H,16-17H2. The largest absolute Gasteiger partial charge is 0.454 e. The van der Waals surface area contributed by atoms with Crippen LogP contribution in [0.3, 0.4) is 0 Å². The molecule has 0 radical (unpaired) electrons. The lowest BCUT2D eigenvalue weighted by Crippen LogP contribution is -2.10. The maximum Gasteiger partial charge on any atom is 0.357 e. The normalized spacial score (nSPS) is 10.8. The Hall–Kier alpha value is -4.65. The van der Waals surface area contributed by atoms with Crippen LogP contribution in [0.25, 0.3) is 21.8 Å². The number of fused-ring (bicyclic) bond motifs is 2. The predicted molar refractivity (Wildman–Crippen MR) is 126 cm³/mol. The highest BCUT2D eigenvalue weighted by Gasteiger charge is 2.13. The molecule has 0 aliphatic carbocycles. The van der Waals surface area contributed by atoms with Gasteiger partial charge >= 0.3 is 11.9 Å². The van der Waals surface area contributed by atoms with Crippen molar-refractivity contribution in [2.45, 2.75) is 13.2 Å². The van der Waals surface area contributed by atoms with Crippen LogP contribution < -0.4 is 0 Å². The maximum absolute atomic E-state index is 12.4. The van der Waals surface area contributed by atoms with Crippen molar-refractivity contribution in [1.29, 1.82) is 0 Å². The third-order valence-electron chi connectivity index (χ3n) is 5.18. The van der Waals surface area contributed by atoms with Gasteiger partial charge in [0, 0.05) is 10.8 Å². The number of hydrogen-bond donors (Lipinski definition) is 0. The third-order valence-corrected chi connectivity index (χ3v) is 5.18. The third kappa shape index (κ3) is 4.73. The summed E-state index contributed by atoms with van der Waals surface area (Å²) >= 11 is 0. The van der Waals surface area contributed by atoms with Crippen LogP contribution in [0.1, 0.15) is 32.4 Å². The molecule has 0 N–H and O–H groups in total. The van der Waals surface area contributed by atoms with Crippen molar-refractivity contribution in [3.8, 4) is 0 Å². The van der Waals surface area contributed by atoms with E-state index in [2.05, 4.69) is 15.0 Å². The Balaban J connectivity index is 1.20. The summed E-state index contributed by atoms with van der Waals surface area (Å²) < 4.78 is 10.7. The average Bonchev–Trinajstić information content (AvgIpc) is 2.90. The number of benzene rings is 2. The van der Waals surface area contributed by atoms with E-state index < -0.39 is 11.9 Å². The maximum atomic E-state index is 12.4. The van der Waals surface area contributed by atoms with Crippen molar-refractivity contribution in [2.24, 2.45) is 0 Å². The zero-order chi connectivity index (χ0) is 23.3. The van der Waals surface area contributed by atoms with E-state index in [-0.39, 0.29) is 24.6 Å². The van der Waals surface area contributed by atoms with E-state index in [1.54, 1.807) is 30.3 Å². The summed E-state index contributed by atoms with van der Waals surface area (Å²) in [5, 5.41) is 1.89. The van der Waals surface area contributed by atoms with Gasteiger partial charge in [-0.25, -0.2) is 19.6 Å². The average molecular weight is 449 g/mol. The van der Waals surface area contributed by atoms with E-state index >= 15 is 0 Å². The molecule has 7 nitrogen and oxygen atoms in total. The van der Waals surface area contributed by atoms with Crippen LogP contribution in [0.2, 0.25) is 0 Å². The Morgan fingerprint density at radius 1 is 0.529 bits per heavy atom. The second-order valence-corrected chi connectivity index (χ2v) is 7.55. The van der Waals surface area contributed by atoms with Gasteiger partial charge in [-0.2, -0.15) is 0 Å². The predicted octanol–water partition coefficient (Wildman–Crippen LogP) is 4.89. The van der Waals surface area contributed by atoms with Gasteiger partial charge in [-0.3, -0.25) is 4.98 Å². The number of esters is 2.